The molecule has 0 spiro atoms. The van der Waals surface area contributed by atoms with Gasteiger partial charge in [-0.1, -0.05) is 24.3 Å². The van der Waals surface area contributed by atoms with Crippen LogP contribution in [0.15, 0.2) is 49.1 Å². The minimum absolute atomic E-state index is 0.0468. The maximum absolute atomic E-state index is 12.5. The summed E-state index contributed by atoms with van der Waals surface area (Å²) in [7, 11) is 0. The number of rotatable bonds is 3. The second kappa shape index (κ2) is 5.15. The van der Waals surface area contributed by atoms with Gasteiger partial charge < -0.3 is 5.11 Å². The Morgan fingerprint density at radius 3 is 2.23 bits per heavy atom. The molecule has 1 aliphatic rings. The van der Waals surface area contributed by atoms with Crippen molar-refractivity contribution >= 4 is 17.5 Å². The molecule has 0 saturated heterocycles. The van der Waals surface area contributed by atoms with E-state index in [4.69, 9.17) is 0 Å². The highest BCUT2D eigenvalue weighted by Crippen LogP contribution is 2.37. The van der Waals surface area contributed by atoms with Gasteiger partial charge in [-0.3, -0.25) is 9.59 Å². The fourth-order valence-electron chi connectivity index (χ4n) is 2.72. The van der Waals surface area contributed by atoms with E-state index in [9.17, 15) is 14.7 Å². The average molecular weight is 293 g/mol. The maximum atomic E-state index is 12.5. The molecule has 3 rings (SSSR count). The Kier molecular flexibility index (Phi) is 3.29. The molecular formula is C18H15NO3. The Balaban J connectivity index is 2.14. The van der Waals surface area contributed by atoms with Crippen molar-refractivity contribution in [2.75, 3.05) is 4.90 Å². The minimum atomic E-state index is -0.413. The Morgan fingerprint density at radius 2 is 1.68 bits per heavy atom. The van der Waals surface area contributed by atoms with Gasteiger partial charge in [0, 0.05) is 5.56 Å². The van der Waals surface area contributed by atoms with Gasteiger partial charge in [-0.05, 0) is 37.1 Å². The van der Waals surface area contributed by atoms with Crippen molar-refractivity contribution in [3.05, 3.63) is 71.3 Å². The van der Waals surface area contributed by atoms with Crippen LogP contribution in [0.25, 0.3) is 0 Å². The highest BCUT2D eigenvalue weighted by molar-refractivity contribution is 6.34. The molecule has 0 saturated carbocycles. The molecule has 0 aromatic heterocycles. The molecule has 2 aromatic rings. The quantitative estimate of drug-likeness (QED) is 0.698. The molecule has 0 unspecified atom stereocenters. The number of hydrogen-bond acceptors (Lipinski definition) is 3. The number of fused-ring (bicyclic) bond motifs is 1. The van der Waals surface area contributed by atoms with Crippen LogP contribution < -0.4 is 4.90 Å². The molecule has 4 heteroatoms. The summed E-state index contributed by atoms with van der Waals surface area (Å²) >= 11 is 0. The second-order valence-corrected chi connectivity index (χ2v) is 5.21. The van der Waals surface area contributed by atoms with E-state index in [1.807, 2.05) is 6.92 Å². The summed E-state index contributed by atoms with van der Waals surface area (Å²) in [6, 6.07) is 10.0. The predicted octanol–water partition coefficient (Wildman–Crippen LogP) is 3.23. The van der Waals surface area contributed by atoms with Gasteiger partial charge in [0.15, 0.2) is 0 Å². The highest BCUT2D eigenvalue weighted by Gasteiger charge is 2.37. The molecular weight excluding hydrogens is 278 g/mol. The summed E-state index contributed by atoms with van der Waals surface area (Å²) in [5.41, 5.74) is 2.49. The van der Waals surface area contributed by atoms with E-state index in [2.05, 4.69) is 6.58 Å². The van der Waals surface area contributed by atoms with E-state index < -0.39 is 11.8 Å². The van der Waals surface area contributed by atoms with Crippen molar-refractivity contribution in [3.63, 3.8) is 0 Å². The van der Waals surface area contributed by atoms with Gasteiger partial charge >= 0.3 is 0 Å². The third kappa shape index (κ3) is 1.92. The summed E-state index contributed by atoms with van der Waals surface area (Å²) in [5.74, 6) is -0.872. The number of allylic oxidation sites excluding steroid dienone is 1. The van der Waals surface area contributed by atoms with Crippen LogP contribution >= 0.6 is 0 Å². The number of carbonyl (C=O) groups excluding carboxylic acids is 2. The van der Waals surface area contributed by atoms with Crippen molar-refractivity contribution in [1.82, 2.24) is 0 Å². The SMILES string of the molecule is C=CCc1c(C)ccc(N2C(=O)c3ccccc3C2=O)c1O. The first-order valence-corrected chi connectivity index (χ1v) is 6.96. The van der Waals surface area contributed by atoms with Gasteiger partial charge in [-0.2, -0.15) is 0 Å². The zero-order valence-electron chi connectivity index (χ0n) is 12.2. The van der Waals surface area contributed by atoms with Crippen LogP contribution in [0.5, 0.6) is 5.75 Å². The standard InChI is InChI=1S/C18H15NO3/c1-3-6-12-11(2)9-10-15(16(12)20)19-17(21)13-7-4-5-8-14(13)18(19)22/h3-5,7-10,20H,1,6H2,2H3. The van der Waals surface area contributed by atoms with Crippen LogP contribution in [-0.4, -0.2) is 16.9 Å². The van der Waals surface area contributed by atoms with E-state index >= 15 is 0 Å². The highest BCUT2D eigenvalue weighted by atomic mass is 16.3. The predicted molar refractivity (Wildman–Crippen MR) is 84.3 cm³/mol. The third-order valence-electron chi connectivity index (χ3n) is 3.88. The Labute approximate surface area is 128 Å². The lowest BCUT2D eigenvalue weighted by Gasteiger charge is -2.18. The van der Waals surface area contributed by atoms with Crippen LogP contribution in [0.1, 0.15) is 31.8 Å². The van der Waals surface area contributed by atoms with E-state index in [0.29, 0.717) is 23.1 Å². The van der Waals surface area contributed by atoms with Gasteiger partial charge in [0.05, 0.1) is 16.8 Å². The third-order valence-corrected chi connectivity index (χ3v) is 3.88. The van der Waals surface area contributed by atoms with Crippen LogP contribution in [0.4, 0.5) is 5.69 Å². The Hall–Kier alpha value is -2.88. The Bertz CT molecular complexity index is 773. The molecule has 0 atom stereocenters. The number of imide groups is 1. The lowest BCUT2D eigenvalue weighted by molar-refractivity contribution is 0.0925. The molecule has 4 nitrogen and oxygen atoms in total. The molecule has 2 amide bonds. The Morgan fingerprint density at radius 1 is 1.09 bits per heavy atom. The number of carbonyl (C=O) groups is 2. The number of hydrogen-bond donors (Lipinski definition) is 1. The number of phenolic OH excluding ortho intramolecular Hbond substituents is 1. The van der Waals surface area contributed by atoms with Crippen molar-refractivity contribution < 1.29 is 14.7 Å². The number of aromatic hydroxyl groups is 1. The number of nitrogens with zero attached hydrogens (tertiary/aromatic N) is 1. The van der Waals surface area contributed by atoms with E-state index in [1.54, 1.807) is 42.5 Å². The van der Waals surface area contributed by atoms with Crippen molar-refractivity contribution in [2.45, 2.75) is 13.3 Å². The first-order chi connectivity index (χ1) is 10.6. The zero-order valence-corrected chi connectivity index (χ0v) is 12.2. The average Bonchev–Trinajstić information content (AvgIpc) is 2.77. The fraction of sp³-hybridized carbons (Fsp3) is 0.111. The topological polar surface area (TPSA) is 57.6 Å². The van der Waals surface area contributed by atoms with Crippen LogP contribution in [0, 0.1) is 6.92 Å². The molecule has 0 aliphatic carbocycles. The summed E-state index contributed by atoms with van der Waals surface area (Å²) in [6.07, 6.45) is 2.14. The van der Waals surface area contributed by atoms with E-state index in [1.165, 1.54) is 0 Å². The summed E-state index contributed by atoms with van der Waals surface area (Å²) in [6.45, 7) is 5.53. The summed E-state index contributed by atoms with van der Waals surface area (Å²) in [4.78, 5) is 26.0. The monoisotopic (exact) mass is 293 g/mol. The molecule has 110 valence electrons. The molecule has 0 bridgehead atoms. The lowest BCUT2D eigenvalue weighted by atomic mass is 10.0. The summed E-state index contributed by atoms with van der Waals surface area (Å²) in [5, 5.41) is 10.5. The largest absolute Gasteiger partial charge is 0.505 e. The maximum Gasteiger partial charge on any atom is 0.266 e. The molecule has 0 radical (unpaired) electrons. The van der Waals surface area contributed by atoms with Gasteiger partial charge in [0.1, 0.15) is 5.75 Å². The van der Waals surface area contributed by atoms with Crippen molar-refractivity contribution in [3.8, 4) is 5.75 Å². The first-order valence-electron chi connectivity index (χ1n) is 6.96. The normalized spacial score (nSPS) is 13.4. The minimum Gasteiger partial charge on any atom is -0.505 e. The zero-order chi connectivity index (χ0) is 15.9. The second-order valence-electron chi connectivity index (χ2n) is 5.21. The molecule has 2 aromatic carbocycles. The van der Waals surface area contributed by atoms with Gasteiger partial charge in [-0.25, -0.2) is 4.90 Å². The first kappa shape index (κ1) is 14.1. The number of anilines is 1. The van der Waals surface area contributed by atoms with Gasteiger partial charge in [0.25, 0.3) is 11.8 Å². The van der Waals surface area contributed by atoms with Gasteiger partial charge in [0.2, 0.25) is 0 Å². The van der Waals surface area contributed by atoms with Crippen LogP contribution in [-0.2, 0) is 6.42 Å². The molecule has 1 N–H and O–H groups in total. The fourth-order valence-corrected chi connectivity index (χ4v) is 2.72. The molecule has 1 aliphatic heterocycles. The van der Waals surface area contributed by atoms with Crippen molar-refractivity contribution in [2.24, 2.45) is 0 Å². The molecule has 0 fully saturated rings. The number of phenols is 1. The van der Waals surface area contributed by atoms with Gasteiger partial charge in [-0.15, -0.1) is 6.58 Å². The molecule has 1 heterocycles. The van der Waals surface area contributed by atoms with Crippen molar-refractivity contribution in [1.29, 1.82) is 0 Å². The van der Waals surface area contributed by atoms with E-state index in [0.717, 1.165) is 10.5 Å². The number of amides is 2. The van der Waals surface area contributed by atoms with Crippen LogP contribution in [0.2, 0.25) is 0 Å². The summed E-state index contributed by atoms with van der Waals surface area (Å²) < 4.78 is 0. The molecule has 22 heavy (non-hydrogen) atoms. The number of benzene rings is 2. The van der Waals surface area contributed by atoms with E-state index in [-0.39, 0.29) is 11.4 Å². The smallest absolute Gasteiger partial charge is 0.266 e. The lowest BCUT2D eigenvalue weighted by Crippen LogP contribution is -2.29. The van der Waals surface area contributed by atoms with Crippen LogP contribution in [0.3, 0.4) is 0 Å². The number of aryl methyl sites for hydroxylation is 1.